The number of nitrogens with zero attached hydrogens (tertiary/aromatic N) is 2. The van der Waals surface area contributed by atoms with Gasteiger partial charge in [0.1, 0.15) is 11.2 Å². The summed E-state index contributed by atoms with van der Waals surface area (Å²) in [6.45, 7) is 1.81. The maximum absolute atomic E-state index is 12.6. The van der Waals surface area contributed by atoms with Crippen LogP contribution in [0.25, 0.3) is 0 Å². The smallest absolute Gasteiger partial charge is 0.345 e. The average Bonchev–Trinajstić information content (AvgIpc) is 3.41. The Bertz CT molecular complexity index is 959. The molecule has 1 aromatic heterocycles. The number of rotatable bonds is 5. The number of pyridine rings is 1. The van der Waals surface area contributed by atoms with Gasteiger partial charge in [0.25, 0.3) is 11.2 Å². The number of carbonyl (C=O) groups is 1. The lowest BCUT2D eigenvalue weighted by Gasteiger charge is -2.24. The van der Waals surface area contributed by atoms with Gasteiger partial charge in [0, 0.05) is 29.9 Å². The quantitative estimate of drug-likeness (QED) is 0.467. The topological polar surface area (TPSA) is 91.4 Å². The van der Waals surface area contributed by atoms with Crippen molar-refractivity contribution in [2.45, 2.75) is 44.2 Å². The summed E-state index contributed by atoms with van der Waals surface area (Å²) >= 11 is 0. The molecule has 1 aliphatic heterocycles. The van der Waals surface area contributed by atoms with Gasteiger partial charge in [0.05, 0.1) is 4.92 Å². The maximum atomic E-state index is 12.6. The van der Waals surface area contributed by atoms with Gasteiger partial charge in [-0.15, -0.1) is 0 Å². The largest absolute Gasteiger partial charge is 0.451 e. The molecule has 1 atom stereocenters. The maximum Gasteiger partial charge on any atom is 0.345 e. The normalized spacial score (nSPS) is 21.3. The number of hydrogen-bond donors (Lipinski definition) is 0. The second kappa shape index (κ2) is 5.79. The monoisotopic (exact) mass is 354 g/mol. The summed E-state index contributed by atoms with van der Waals surface area (Å²) in [7, 11) is 0. The van der Waals surface area contributed by atoms with Crippen molar-refractivity contribution in [2.75, 3.05) is 0 Å². The molecule has 0 amide bonds. The number of aromatic nitrogens is 1. The highest BCUT2D eigenvalue weighted by atomic mass is 16.6. The molecular formula is C19H18N2O5. The summed E-state index contributed by atoms with van der Waals surface area (Å²) in [5.41, 5.74) is 0.590. The molecular weight excluding hydrogens is 336 g/mol. The van der Waals surface area contributed by atoms with Gasteiger partial charge in [-0.2, -0.15) is 0 Å². The van der Waals surface area contributed by atoms with Crippen LogP contribution in [0, 0.1) is 10.1 Å². The Morgan fingerprint density at radius 3 is 2.54 bits per heavy atom. The number of fused-ring (bicyclic) bond motifs is 1. The Labute approximate surface area is 149 Å². The number of benzene rings is 1. The van der Waals surface area contributed by atoms with Crippen LogP contribution in [0.15, 0.2) is 41.3 Å². The number of hydrogen-bond acceptors (Lipinski definition) is 5. The number of ether oxygens (including phenoxy) is 1. The summed E-state index contributed by atoms with van der Waals surface area (Å²) in [4.78, 5) is 35.2. The zero-order valence-corrected chi connectivity index (χ0v) is 14.3. The van der Waals surface area contributed by atoms with Crippen LogP contribution in [0.5, 0.6) is 0 Å². The number of nitro groups is 1. The molecule has 134 valence electrons. The first-order chi connectivity index (χ1) is 12.4. The molecule has 0 radical (unpaired) electrons. The molecule has 1 fully saturated rings. The minimum atomic E-state index is -0.865. The summed E-state index contributed by atoms with van der Waals surface area (Å²) in [5.74, 6) is -0.564. The third kappa shape index (κ3) is 2.69. The lowest BCUT2D eigenvalue weighted by atomic mass is 9.89. The van der Waals surface area contributed by atoms with Gasteiger partial charge in [-0.1, -0.05) is 12.1 Å². The first kappa shape index (κ1) is 16.5. The highest BCUT2D eigenvalue weighted by molar-refractivity contribution is 5.94. The molecule has 0 N–H and O–H groups in total. The molecule has 1 aromatic carbocycles. The number of nitro benzene ring substituents is 1. The Hall–Kier alpha value is -2.96. The SMILES string of the molecule is CC1(CCc2ccc([N+](=O)[O-])cc2)OC(=O)c2c1ccn(C1CC1)c2=O. The van der Waals surface area contributed by atoms with Crippen molar-refractivity contribution in [3.05, 3.63) is 73.7 Å². The number of aryl methyl sites for hydroxylation is 1. The third-order valence-corrected chi connectivity index (χ3v) is 5.19. The van der Waals surface area contributed by atoms with Crippen LogP contribution in [0.3, 0.4) is 0 Å². The van der Waals surface area contributed by atoms with Gasteiger partial charge in [0.2, 0.25) is 0 Å². The minimum absolute atomic E-state index is 0.0400. The molecule has 2 aliphatic rings. The van der Waals surface area contributed by atoms with Gasteiger partial charge in [0.15, 0.2) is 0 Å². The van der Waals surface area contributed by atoms with E-state index >= 15 is 0 Å². The molecule has 2 aromatic rings. The second-order valence-electron chi connectivity index (χ2n) is 7.09. The van der Waals surface area contributed by atoms with Crippen LogP contribution in [0.2, 0.25) is 0 Å². The van der Waals surface area contributed by atoms with E-state index in [1.54, 1.807) is 22.9 Å². The van der Waals surface area contributed by atoms with E-state index in [0.29, 0.717) is 18.4 Å². The number of non-ortho nitro benzene ring substituents is 1. The first-order valence-electron chi connectivity index (χ1n) is 8.61. The fraction of sp³-hybridized carbons (Fsp3) is 0.368. The fourth-order valence-electron chi connectivity index (χ4n) is 3.49. The van der Waals surface area contributed by atoms with Gasteiger partial charge < -0.3 is 9.30 Å². The summed E-state index contributed by atoms with van der Waals surface area (Å²) < 4.78 is 7.21. The van der Waals surface area contributed by atoms with E-state index in [2.05, 4.69) is 0 Å². The minimum Gasteiger partial charge on any atom is -0.451 e. The number of esters is 1. The summed E-state index contributed by atoms with van der Waals surface area (Å²) in [6, 6.07) is 8.33. The number of cyclic esters (lactones) is 1. The second-order valence-corrected chi connectivity index (χ2v) is 7.09. The molecule has 7 heteroatoms. The summed E-state index contributed by atoms with van der Waals surface area (Å²) in [6.07, 6.45) is 4.75. The van der Waals surface area contributed by atoms with Crippen molar-refractivity contribution in [1.82, 2.24) is 4.57 Å². The zero-order valence-electron chi connectivity index (χ0n) is 14.3. The van der Waals surface area contributed by atoms with E-state index in [9.17, 15) is 19.7 Å². The third-order valence-electron chi connectivity index (χ3n) is 5.19. The summed E-state index contributed by atoms with van der Waals surface area (Å²) in [5, 5.41) is 10.7. The Morgan fingerprint density at radius 2 is 1.92 bits per heavy atom. The van der Waals surface area contributed by atoms with E-state index in [1.165, 1.54) is 12.1 Å². The standard InChI is InChI=1S/C19H18N2O5/c1-19(10-8-12-2-4-14(5-3-12)21(24)25)15-9-11-20(13-6-7-13)17(22)16(15)18(23)26-19/h2-5,9,11,13H,6-8,10H2,1H3. The Kier molecular flexibility index (Phi) is 3.68. The van der Waals surface area contributed by atoms with Gasteiger partial charge in [-0.3, -0.25) is 14.9 Å². The molecule has 1 saturated carbocycles. The molecule has 1 aliphatic carbocycles. The van der Waals surface area contributed by atoms with Crippen molar-refractivity contribution in [1.29, 1.82) is 0 Å². The van der Waals surface area contributed by atoms with Crippen molar-refractivity contribution >= 4 is 11.7 Å². The highest BCUT2D eigenvalue weighted by Crippen LogP contribution is 2.40. The highest BCUT2D eigenvalue weighted by Gasteiger charge is 2.44. The van der Waals surface area contributed by atoms with Gasteiger partial charge >= 0.3 is 5.97 Å². The molecule has 7 nitrogen and oxygen atoms in total. The van der Waals surface area contributed by atoms with E-state index in [4.69, 9.17) is 4.74 Å². The van der Waals surface area contributed by atoms with Gasteiger partial charge in [-0.25, -0.2) is 4.79 Å². The Balaban J connectivity index is 1.58. The lowest BCUT2D eigenvalue weighted by molar-refractivity contribution is -0.384. The van der Waals surface area contributed by atoms with E-state index in [-0.39, 0.29) is 22.9 Å². The first-order valence-corrected chi connectivity index (χ1v) is 8.61. The molecule has 26 heavy (non-hydrogen) atoms. The molecule has 4 rings (SSSR count). The van der Waals surface area contributed by atoms with Crippen molar-refractivity contribution in [3.8, 4) is 0 Å². The van der Waals surface area contributed by atoms with Crippen LogP contribution >= 0.6 is 0 Å². The zero-order chi connectivity index (χ0) is 18.5. The van der Waals surface area contributed by atoms with Crippen molar-refractivity contribution in [3.63, 3.8) is 0 Å². The molecule has 1 unspecified atom stereocenters. The van der Waals surface area contributed by atoms with Crippen LogP contribution < -0.4 is 5.56 Å². The van der Waals surface area contributed by atoms with Gasteiger partial charge in [-0.05, 0) is 44.2 Å². The van der Waals surface area contributed by atoms with E-state index < -0.39 is 16.5 Å². The van der Waals surface area contributed by atoms with Crippen molar-refractivity contribution in [2.24, 2.45) is 0 Å². The van der Waals surface area contributed by atoms with Crippen LogP contribution in [-0.2, 0) is 16.8 Å². The van der Waals surface area contributed by atoms with Crippen LogP contribution in [-0.4, -0.2) is 15.5 Å². The molecule has 0 spiro atoms. The number of carbonyl (C=O) groups excluding carboxylic acids is 1. The van der Waals surface area contributed by atoms with Crippen LogP contribution in [0.1, 0.15) is 53.7 Å². The average molecular weight is 354 g/mol. The lowest BCUT2D eigenvalue weighted by Crippen LogP contribution is -2.26. The van der Waals surface area contributed by atoms with E-state index in [1.807, 2.05) is 13.0 Å². The predicted octanol–water partition coefficient (Wildman–Crippen LogP) is 3.11. The van der Waals surface area contributed by atoms with Crippen LogP contribution in [0.4, 0.5) is 5.69 Å². The predicted molar refractivity (Wildman–Crippen MR) is 93.2 cm³/mol. The molecule has 0 saturated heterocycles. The van der Waals surface area contributed by atoms with E-state index in [0.717, 1.165) is 18.4 Å². The Morgan fingerprint density at radius 1 is 1.23 bits per heavy atom. The van der Waals surface area contributed by atoms with Crippen molar-refractivity contribution < 1.29 is 14.5 Å². The molecule has 2 heterocycles. The molecule has 0 bridgehead atoms. The fourth-order valence-corrected chi connectivity index (χ4v) is 3.49.